The van der Waals surface area contributed by atoms with Gasteiger partial charge in [0.15, 0.2) is 0 Å². The zero-order valence-corrected chi connectivity index (χ0v) is 5.69. The van der Waals surface area contributed by atoms with Crippen molar-refractivity contribution in [1.29, 1.82) is 0 Å². The van der Waals surface area contributed by atoms with Gasteiger partial charge < -0.3 is 0 Å². The molecule has 7 heteroatoms. The van der Waals surface area contributed by atoms with Crippen LogP contribution < -0.4 is 0 Å². The van der Waals surface area contributed by atoms with Gasteiger partial charge in [0.25, 0.3) is 0 Å². The number of alkyl halides is 6. The van der Waals surface area contributed by atoms with Crippen LogP contribution in [0.2, 0.25) is 0 Å². The minimum Gasteiger partial charge on any atom is -0.265 e. The van der Waals surface area contributed by atoms with Crippen LogP contribution in [0.1, 0.15) is 0 Å². The molecule has 1 aliphatic rings. The quantitative estimate of drug-likeness (QED) is 0.358. The monoisotopic (exact) mass is 198 g/mol. The lowest BCUT2D eigenvalue weighted by Gasteiger charge is -2.08. The molecule has 0 saturated carbocycles. The Balaban J connectivity index is 2.78. The summed E-state index contributed by atoms with van der Waals surface area (Å²) >= 11 is 8.75. The first kappa shape index (κ1) is 8.36. The molecule has 60 valence electrons. The van der Waals surface area contributed by atoms with Gasteiger partial charge in [0, 0.05) is 0 Å². The topological polar surface area (TPSA) is 12.5 Å². The number of hydrogen-bond acceptors (Lipinski definition) is 1. The summed E-state index contributed by atoms with van der Waals surface area (Å²) in [7, 11) is 0. The molecule has 1 nitrogen and oxygen atoms in total. The Labute approximate surface area is 62.8 Å². The molecule has 1 fully saturated rings. The van der Waals surface area contributed by atoms with Gasteiger partial charge in [-0.25, -0.2) is 4.39 Å². The Bertz CT molecular complexity index is 166. The van der Waals surface area contributed by atoms with Gasteiger partial charge in [-0.15, -0.1) is 0 Å². The number of ether oxygens (including phenoxy) is 1. The highest BCUT2D eigenvalue weighted by Gasteiger charge is 2.87. The molecular formula is C3Cl2F4O. The highest BCUT2D eigenvalue weighted by atomic mass is 35.5. The third-order valence-corrected chi connectivity index (χ3v) is 1.45. The van der Waals surface area contributed by atoms with E-state index in [0.29, 0.717) is 0 Å². The van der Waals surface area contributed by atoms with Gasteiger partial charge in [0.05, 0.1) is 0 Å². The van der Waals surface area contributed by atoms with E-state index in [1.807, 2.05) is 0 Å². The molecule has 0 spiro atoms. The molecule has 10 heavy (non-hydrogen) atoms. The molecule has 0 aromatic carbocycles. The predicted molar refractivity (Wildman–Crippen MR) is 25.4 cm³/mol. The summed E-state index contributed by atoms with van der Waals surface area (Å²) in [6, 6.07) is 0. The van der Waals surface area contributed by atoms with E-state index in [4.69, 9.17) is 0 Å². The van der Waals surface area contributed by atoms with Crippen molar-refractivity contribution in [2.24, 2.45) is 0 Å². The molecule has 1 atom stereocenters. The maximum absolute atomic E-state index is 12.2. The summed E-state index contributed by atoms with van der Waals surface area (Å²) in [5, 5.41) is 0. The van der Waals surface area contributed by atoms with Crippen molar-refractivity contribution < 1.29 is 22.3 Å². The number of epoxide rings is 1. The van der Waals surface area contributed by atoms with Crippen LogP contribution in [-0.2, 0) is 4.74 Å². The molecule has 0 aliphatic carbocycles. The van der Waals surface area contributed by atoms with Gasteiger partial charge in [-0.2, -0.15) is 13.2 Å². The van der Waals surface area contributed by atoms with Crippen LogP contribution in [0.3, 0.4) is 0 Å². The molecular weight excluding hydrogens is 199 g/mol. The molecule has 1 saturated heterocycles. The SMILES string of the molecule is FC(Cl)(Cl)C1(F)OC1(F)F. The third-order valence-electron chi connectivity index (χ3n) is 0.966. The Morgan fingerprint density at radius 3 is 1.50 bits per heavy atom. The Kier molecular flexibility index (Phi) is 1.42. The van der Waals surface area contributed by atoms with Crippen molar-refractivity contribution in [3.63, 3.8) is 0 Å². The highest BCUT2D eigenvalue weighted by Crippen LogP contribution is 2.62. The first-order valence-corrected chi connectivity index (χ1v) is 2.80. The lowest BCUT2D eigenvalue weighted by atomic mass is 10.4. The highest BCUT2D eigenvalue weighted by molar-refractivity contribution is 6.48. The molecule has 0 N–H and O–H groups in total. The molecule has 1 aliphatic heterocycles. The fourth-order valence-corrected chi connectivity index (χ4v) is 0.671. The van der Waals surface area contributed by atoms with Crippen molar-refractivity contribution in [3.8, 4) is 0 Å². The second-order valence-corrected chi connectivity index (χ2v) is 2.95. The summed E-state index contributed by atoms with van der Waals surface area (Å²) < 4.78 is 46.8. The van der Waals surface area contributed by atoms with Crippen molar-refractivity contribution in [3.05, 3.63) is 0 Å². The fraction of sp³-hybridized carbons (Fsp3) is 1.00. The number of rotatable bonds is 1. The second-order valence-electron chi connectivity index (χ2n) is 1.71. The lowest BCUT2D eigenvalue weighted by molar-refractivity contribution is -0.00530. The van der Waals surface area contributed by atoms with Crippen molar-refractivity contribution in [1.82, 2.24) is 0 Å². The van der Waals surface area contributed by atoms with Crippen LogP contribution in [0.4, 0.5) is 17.6 Å². The first-order valence-electron chi connectivity index (χ1n) is 2.04. The summed E-state index contributed by atoms with van der Waals surface area (Å²) in [4.78, 5) is 0. The zero-order valence-electron chi connectivity index (χ0n) is 4.18. The molecule has 0 amide bonds. The summed E-state index contributed by atoms with van der Waals surface area (Å²) in [5.74, 6) is -3.89. The van der Waals surface area contributed by atoms with Crippen LogP contribution in [-0.4, -0.2) is 16.6 Å². The van der Waals surface area contributed by atoms with Gasteiger partial charge in [-0.1, -0.05) is 23.2 Å². The number of hydrogen-bond donors (Lipinski definition) is 0. The van der Waals surface area contributed by atoms with E-state index in [2.05, 4.69) is 27.9 Å². The first-order chi connectivity index (χ1) is 4.21. The van der Waals surface area contributed by atoms with Gasteiger partial charge in [-0.05, 0) is 0 Å². The maximum atomic E-state index is 12.2. The maximum Gasteiger partial charge on any atom is 0.424 e. The lowest BCUT2D eigenvalue weighted by Crippen LogP contribution is -2.30. The van der Waals surface area contributed by atoms with E-state index in [1.165, 1.54) is 0 Å². The second kappa shape index (κ2) is 1.70. The molecule has 0 radical (unpaired) electrons. The average molecular weight is 199 g/mol. The van der Waals surface area contributed by atoms with Gasteiger partial charge >= 0.3 is 16.6 Å². The van der Waals surface area contributed by atoms with Crippen LogP contribution in [0.5, 0.6) is 0 Å². The van der Waals surface area contributed by atoms with Crippen molar-refractivity contribution >= 4 is 23.2 Å². The fourth-order valence-electron chi connectivity index (χ4n) is 0.374. The normalized spacial score (nSPS) is 37.8. The molecule has 1 rings (SSSR count). The zero-order chi connectivity index (χ0) is 8.21. The average Bonchev–Trinajstić information content (AvgIpc) is 2.05. The van der Waals surface area contributed by atoms with Crippen LogP contribution >= 0.6 is 23.2 Å². The minimum absolute atomic E-state index is 3.02. The summed E-state index contributed by atoms with van der Waals surface area (Å²) in [5.41, 5.74) is 0. The van der Waals surface area contributed by atoms with Crippen LogP contribution in [0, 0.1) is 0 Å². The van der Waals surface area contributed by atoms with Crippen molar-refractivity contribution in [2.45, 2.75) is 16.6 Å². The number of halogens is 6. The minimum atomic E-state index is -4.22. The standard InChI is InChI=1S/C3Cl2F4O/c4-2(5,7)1(6)3(8,9)10-1. The smallest absolute Gasteiger partial charge is 0.265 e. The van der Waals surface area contributed by atoms with E-state index in [-0.39, 0.29) is 0 Å². The third kappa shape index (κ3) is 0.879. The van der Waals surface area contributed by atoms with E-state index in [1.54, 1.807) is 0 Å². The predicted octanol–water partition coefficient (Wildman–Crippen LogP) is 2.38. The molecule has 1 unspecified atom stereocenters. The Hall–Kier alpha value is 0.260. The molecule has 1 heterocycles. The van der Waals surface area contributed by atoms with Crippen LogP contribution in [0.25, 0.3) is 0 Å². The van der Waals surface area contributed by atoms with E-state index < -0.39 is 16.6 Å². The van der Waals surface area contributed by atoms with Gasteiger partial charge in [0.2, 0.25) is 0 Å². The Morgan fingerprint density at radius 2 is 1.50 bits per heavy atom. The van der Waals surface area contributed by atoms with Gasteiger partial charge in [-0.3, -0.25) is 4.74 Å². The van der Waals surface area contributed by atoms with Crippen LogP contribution in [0.15, 0.2) is 0 Å². The summed E-state index contributed by atoms with van der Waals surface area (Å²) in [6.07, 6.45) is -4.22. The van der Waals surface area contributed by atoms with Crippen molar-refractivity contribution in [2.75, 3.05) is 0 Å². The summed E-state index contributed by atoms with van der Waals surface area (Å²) in [6.45, 7) is 0. The largest absolute Gasteiger partial charge is 0.424 e. The van der Waals surface area contributed by atoms with Gasteiger partial charge in [0.1, 0.15) is 0 Å². The Morgan fingerprint density at radius 1 is 1.20 bits per heavy atom. The molecule has 0 aromatic heterocycles. The van der Waals surface area contributed by atoms with E-state index in [9.17, 15) is 17.6 Å². The molecule has 0 aromatic rings. The van der Waals surface area contributed by atoms with E-state index >= 15 is 0 Å². The molecule has 0 bridgehead atoms. The van der Waals surface area contributed by atoms with E-state index in [0.717, 1.165) is 0 Å².